The van der Waals surface area contributed by atoms with Gasteiger partial charge in [0.2, 0.25) is 0 Å². The van der Waals surface area contributed by atoms with E-state index >= 15 is 0 Å². The average Bonchev–Trinajstić information content (AvgIpc) is 3.46. The first-order chi connectivity index (χ1) is 17.7. The van der Waals surface area contributed by atoms with Crippen LogP contribution in [-0.4, -0.2) is 23.4 Å². The molecule has 6 aromatic rings. The maximum absolute atomic E-state index is 5.62. The molecular weight excluding hydrogens is 444 g/mol. The van der Waals surface area contributed by atoms with E-state index in [4.69, 9.17) is 9.47 Å². The molecule has 0 unspecified atom stereocenters. The molecule has 0 aliphatic carbocycles. The topological polar surface area (TPSA) is 28.3 Å². The van der Waals surface area contributed by atoms with Crippen molar-refractivity contribution < 1.29 is 9.47 Å². The number of aromatic nitrogens is 2. The largest absolute Gasteiger partial charge is 0.497 e. The van der Waals surface area contributed by atoms with Crippen molar-refractivity contribution in [1.29, 1.82) is 0 Å². The van der Waals surface area contributed by atoms with Gasteiger partial charge in [-0.05, 0) is 53.6 Å². The highest BCUT2D eigenvalue weighted by Gasteiger charge is 2.18. The third-order valence-corrected chi connectivity index (χ3v) is 6.85. The van der Waals surface area contributed by atoms with Crippen LogP contribution in [0.5, 0.6) is 11.5 Å². The van der Waals surface area contributed by atoms with Crippen molar-refractivity contribution in [2.45, 2.75) is 13.1 Å². The lowest BCUT2D eigenvalue weighted by Crippen LogP contribution is -2.01. The van der Waals surface area contributed by atoms with E-state index in [1.165, 1.54) is 38.8 Å². The fourth-order valence-corrected chi connectivity index (χ4v) is 5.05. The van der Waals surface area contributed by atoms with Gasteiger partial charge in [-0.2, -0.15) is 0 Å². The lowest BCUT2D eigenvalue weighted by atomic mass is 10.1. The number of rotatable bonds is 7. The molecule has 4 nitrogen and oxygen atoms in total. The summed E-state index contributed by atoms with van der Waals surface area (Å²) in [7, 11) is 3.44. The van der Waals surface area contributed by atoms with Gasteiger partial charge in [-0.25, -0.2) is 0 Å². The van der Waals surface area contributed by atoms with Crippen molar-refractivity contribution in [3.8, 4) is 22.8 Å². The van der Waals surface area contributed by atoms with Crippen LogP contribution >= 0.6 is 0 Å². The molecule has 0 amide bonds. The molecule has 0 radical (unpaired) electrons. The molecule has 0 aliphatic rings. The van der Waals surface area contributed by atoms with Crippen LogP contribution < -0.4 is 9.47 Å². The van der Waals surface area contributed by atoms with Crippen molar-refractivity contribution >= 4 is 21.8 Å². The minimum atomic E-state index is 0.779. The van der Waals surface area contributed by atoms with Gasteiger partial charge in [-0.1, -0.05) is 60.7 Å². The molecule has 2 aromatic heterocycles. The Morgan fingerprint density at radius 2 is 1.22 bits per heavy atom. The molecule has 178 valence electrons. The van der Waals surface area contributed by atoms with Gasteiger partial charge in [0.1, 0.15) is 11.5 Å². The van der Waals surface area contributed by atoms with E-state index in [1.807, 2.05) is 12.1 Å². The summed E-state index contributed by atoms with van der Waals surface area (Å²) in [5.41, 5.74) is 7.26. The maximum atomic E-state index is 5.62. The Balaban J connectivity index is 1.58. The number of hydrogen-bond donors (Lipinski definition) is 0. The second-order valence-electron chi connectivity index (χ2n) is 9.07. The van der Waals surface area contributed by atoms with Gasteiger partial charge in [-0.3, -0.25) is 0 Å². The molecule has 0 saturated heterocycles. The Kier molecular flexibility index (Phi) is 5.70. The predicted molar refractivity (Wildman–Crippen MR) is 147 cm³/mol. The monoisotopic (exact) mass is 472 g/mol. The average molecular weight is 473 g/mol. The fraction of sp³-hybridized carbons (Fsp3) is 0.125. The first-order valence-electron chi connectivity index (χ1n) is 12.2. The van der Waals surface area contributed by atoms with Crippen LogP contribution in [0.3, 0.4) is 0 Å². The van der Waals surface area contributed by atoms with Crippen LogP contribution in [0.4, 0.5) is 0 Å². The summed E-state index contributed by atoms with van der Waals surface area (Å²) in [5.74, 6) is 1.72. The Morgan fingerprint density at radius 1 is 0.611 bits per heavy atom. The standard InChI is InChI=1S/C32H28N2O2/c1-35-26-13-15-30-25(17-26)18-32(34(30)21-24-11-7-4-8-12-24)29-22-33(20-23-9-5-3-6-10-23)31-16-14-27(36-2)19-28(29)31/h3-19,22H,20-21H2,1-2H3. The van der Waals surface area contributed by atoms with Crippen LogP contribution in [0.2, 0.25) is 0 Å². The third-order valence-electron chi connectivity index (χ3n) is 6.85. The summed E-state index contributed by atoms with van der Waals surface area (Å²) in [6, 6.07) is 36.2. The highest BCUT2D eigenvalue weighted by molar-refractivity contribution is 5.99. The quantitative estimate of drug-likeness (QED) is 0.243. The molecule has 0 saturated carbocycles. The zero-order chi connectivity index (χ0) is 24.5. The number of ether oxygens (including phenoxy) is 2. The molecule has 0 fully saturated rings. The van der Waals surface area contributed by atoms with E-state index in [-0.39, 0.29) is 0 Å². The zero-order valence-corrected chi connectivity index (χ0v) is 20.5. The van der Waals surface area contributed by atoms with Gasteiger partial charge >= 0.3 is 0 Å². The second-order valence-corrected chi connectivity index (χ2v) is 9.07. The number of fused-ring (bicyclic) bond motifs is 2. The Labute approximate surface area is 210 Å². The van der Waals surface area contributed by atoms with Crippen molar-refractivity contribution in [2.75, 3.05) is 14.2 Å². The normalized spacial score (nSPS) is 11.3. The zero-order valence-electron chi connectivity index (χ0n) is 20.5. The summed E-state index contributed by atoms with van der Waals surface area (Å²) >= 11 is 0. The van der Waals surface area contributed by atoms with Gasteiger partial charge in [0.25, 0.3) is 0 Å². The SMILES string of the molecule is COc1ccc2c(c1)cc(-c1cn(Cc3ccccc3)c3ccc(OC)cc13)n2Cc1ccccc1. The smallest absolute Gasteiger partial charge is 0.119 e. The predicted octanol–water partition coefficient (Wildman–Crippen LogP) is 7.38. The minimum absolute atomic E-state index is 0.779. The summed E-state index contributed by atoms with van der Waals surface area (Å²) in [6.07, 6.45) is 2.28. The van der Waals surface area contributed by atoms with Crippen LogP contribution in [0.15, 0.2) is 109 Å². The van der Waals surface area contributed by atoms with Crippen molar-refractivity contribution in [1.82, 2.24) is 9.13 Å². The molecule has 0 aliphatic heterocycles. The van der Waals surface area contributed by atoms with E-state index in [0.717, 1.165) is 30.0 Å². The maximum Gasteiger partial charge on any atom is 0.119 e. The van der Waals surface area contributed by atoms with E-state index in [0.29, 0.717) is 0 Å². The molecule has 0 atom stereocenters. The molecule has 0 bridgehead atoms. The van der Waals surface area contributed by atoms with Crippen molar-refractivity contribution in [3.05, 3.63) is 120 Å². The van der Waals surface area contributed by atoms with Crippen molar-refractivity contribution in [3.63, 3.8) is 0 Å². The third kappa shape index (κ3) is 4.01. The van der Waals surface area contributed by atoms with Crippen LogP contribution in [0.25, 0.3) is 33.1 Å². The summed E-state index contributed by atoms with van der Waals surface area (Å²) < 4.78 is 15.9. The van der Waals surface area contributed by atoms with Crippen LogP contribution in [-0.2, 0) is 13.1 Å². The molecule has 2 heterocycles. The van der Waals surface area contributed by atoms with Gasteiger partial charge < -0.3 is 18.6 Å². The molecule has 0 spiro atoms. The van der Waals surface area contributed by atoms with Gasteiger partial charge in [0.15, 0.2) is 0 Å². The number of nitrogens with zero attached hydrogens (tertiary/aromatic N) is 2. The number of benzene rings is 4. The molecule has 4 aromatic carbocycles. The fourth-order valence-electron chi connectivity index (χ4n) is 5.05. The number of hydrogen-bond acceptors (Lipinski definition) is 2. The Hall–Kier alpha value is -4.44. The van der Waals surface area contributed by atoms with E-state index in [2.05, 4.69) is 106 Å². The van der Waals surface area contributed by atoms with E-state index in [1.54, 1.807) is 14.2 Å². The molecule has 6 rings (SSSR count). The molecule has 36 heavy (non-hydrogen) atoms. The van der Waals surface area contributed by atoms with E-state index < -0.39 is 0 Å². The van der Waals surface area contributed by atoms with Gasteiger partial charge in [0, 0.05) is 46.7 Å². The second kappa shape index (κ2) is 9.31. The lowest BCUT2D eigenvalue weighted by molar-refractivity contribution is 0.415. The van der Waals surface area contributed by atoms with Gasteiger partial charge in [0.05, 0.1) is 19.9 Å². The van der Waals surface area contributed by atoms with Crippen LogP contribution in [0.1, 0.15) is 11.1 Å². The highest BCUT2D eigenvalue weighted by atomic mass is 16.5. The van der Waals surface area contributed by atoms with Gasteiger partial charge in [-0.15, -0.1) is 0 Å². The summed E-state index contributed by atoms with van der Waals surface area (Å²) in [6.45, 7) is 1.58. The van der Waals surface area contributed by atoms with E-state index in [9.17, 15) is 0 Å². The minimum Gasteiger partial charge on any atom is -0.497 e. The number of methoxy groups -OCH3 is 2. The summed E-state index contributed by atoms with van der Waals surface area (Å²) in [5, 5.41) is 2.33. The Bertz CT molecular complexity index is 1650. The lowest BCUT2D eigenvalue weighted by Gasteiger charge is -2.11. The Morgan fingerprint density at radius 3 is 1.89 bits per heavy atom. The molecule has 4 heteroatoms. The van der Waals surface area contributed by atoms with Crippen molar-refractivity contribution in [2.24, 2.45) is 0 Å². The first-order valence-corrected chi connectivity index (χ1v) is 12.2. The highest BCUT2D eigenvalue weighted by Crippen LogP contribution is 2.38. The molecular formula is C32H28N2O2. The summed E-state index contributed by atoms with van der Waals surface area (Å²) in [4.78, 5) is 0. The first kappa shape index (κ1) is 22.1. The molecule has 0 N–H and O–H groups in total. The van der Waals surface area contributed by atoms with Crippen LogP contribution in [0, 0.1) is 0 Å².